The van der Waals surface area contributed by atoms with Gasteiger partial charge >= 0.3 is 6.18 Å². The van der Waals surface area contributed by atoms with Crippen molar-refractivity contribution in [3.05, 3.63) is 32.9 Å². The summed E-state index contributed by atoms with van der Waals surface area (Å²) in [6.07, 6.45) is -2.42. The van der Waals surface area contributed by atoms with Crippen molar-refractivity contribution < 1.29 is 18.0 Å². The number of alkyl halides is 3. The Morgan fingerprint density at radius 2 is 2.06 bits per heavy atom. The van der Waals surface area contributed by atoms with Crippen LogP contribution in [0.5, 0.6) is 0 Å². The molecule has 6 heteroatoms. The molecular weight excluding hydrogens is 358 g/mol. The van der Waals surface area contributed by atoms with E-state index in [-0.39, 0.29) is 5.56 Å². The molecule has 18 heavy (non-hydrogen) atoms. The second-order valence-electron chi connectivity index (χ2n) is 4.34. The minimum absolute atomic E-state index is 0.302. The summed E-state index contributed by atoms with van der Waals surface area (Å²) in [4.78, 5) is 11.7. The topological polar surface area (TPSA) is 29.1 Å². The second-order valence-corrected chi connectivity index (χ2v) is 5.59. The highest BCUT2D eigenvalue weighted by molar-refractivity contribution is 14.1. The molecule has 0 aromatic heterocycles. The van der Waals surface area contributed by atoms with Gasteiger partial charge in [-0.05, 0) is 59.5 Å². The van der Waals surface area contributed by atoms with Crippen LogP contribution < -0.4 is 5.32 Å². The maximum atomic E-state index is 12.8. The zero-order valence-corrected chi connectivity index (χ0v) is 11.5. The molecule has 98 valence electrons. The van der Waals surface area contributed by atoms with Crippen LogP contribution in [0.2, 0.25) is 0 Å². The molecule has 0 atom stereocenters. The first-order valence-corrected chi connectivity index (χ1v) is 6.61. The molecule has 1 N–H and O–H groups in total. The quantitative estimate of drug-likeness (QED) is 0.813. The fourth-order valence-electron chi connectivity index (χ4n) is 1.60. The lowest BCUT2D eigenvalue weighted by Gasteiger charge is -2.13. The summed E-state index contributed by atoms with van der Waals surface area (Å²) in [5, 5.41) is 2.55. The van der Waals surface area contributed by atoms with E-state index >= 15 is 0 Å². The van der Waals surface area contributed by atoms with Crippen LogP contribution in [-0.2, 0) is 6.18 Å². The zero-order chi connectivity index (χ0) is 13.3. The summed E-state index contributed by atoms with van der Waals surface area (Å²) in [6.45, 7) is 0.460. The van der Waals surface area contributed by atoms with E-state index in [1.807, 2.05) is 0 Å². The number of carbonyl (C=O) groups excluding carboxylic acids is 1. The van der Waals surface area contributed by atoms with E-state index in [2.05, 4.69) is 5.32 Å². The number of benzene rings is 1. The summed E-state index contributed by atoms with van der Waals surface area (Å²) in [6, 6.07) is 3.72. The summed E-state index contributed by atoms with van der Waals surface area (Å²) in [5.41, 5.74) is -1.17. The van der Waals surface area contributed by atoms with Crippen molar-refractivity contribution >= 4 is 28.5 Å². The molecule has 0 heterocycles. The normalized spacial score (nSPS) is 15.6. The lowest BCUT2D eigenvalue weighted by molar-refractivity contribution is -0.138. The van der Waals surface area contributed by atoms with Gasteiger partial charge in [-0.15, -0.1) is 0 Å². The maximum absolute atomic E-state index is 12.8. The minimum Gasteiger partial charge on any atom is -0.352 e. The van der Waals surface area contributed by atoms with Gasteiger partial charge in [-0.3, -0.25) is 4.79 Å². The van der Waals surface area contributed by atoms with Crippen LogP contribution in [0.1, 0.15) is 28.8 Å². The van der Waals surface area contributed by atoms with Crippen molar-refractivity contribution in [1.29, 1.82) is 0 Å². The Hall–Kier alpha value is -0.790. The number of hydrogen-bond donors (Lipinski definition) is 1. The largest absolute Gasteiger partial charge is 0.417 e. The van der Waals surface area contributed by atoms with E-state index in [1.165, 1.54) is 12.1 Å². The molecule has 2 rings (SSSR count). The average Bonchev–Trinajstić information content (AvgIpc) is 3.08. The Balaban J connectivity index is 2.22. The van der Waals surface area contributed by atoms with Crippen molar-refractivity contribution in [2.24, 2.45) is 5.92 Å². The van der Waals surface area contributed by atoms with Crippen molar-refractivity contribution in [3.63, 3.8) is 0 Å². The van der Waals surface area contributed by atoms with Gasteiger partial charge in [-0.1, -0.05) is 0 Å². The van der Waals surface area contributed by atoms with Gasteiger partial charge in [0.05, 0.1) is 11.1 Å². The van der Waals surface area contributed by atoms with Gasteiger partial charge in [0.1, 0.15) is 0 Å². The fraction of sp³-hybridized carbons (Fsp3) is 0.417. The van der Waals surface area contributed by atoms with Gasteiger partial charge in [0.25, 0.3) is 5.91 Å². The third-order valence-corrected chi connectivity index (χ3v) is 3.45. The van der Waals surface area contributed by atoms with Crippen LogP contribution >= 0.6 is 22.6 Å². The lowest BCUT2D eigenvalue weighted by atomic mass is 10.1. The van der Waals surface area contributed by atoms with Crippen molar-refractivity contribution in [2.45, 2.75) is 19.0 Å². The number of hydrogen-bond acceptors (Lipinski definition) is 1. The first-order chi connectivity index (χ1) is 8.38. The van der Waals surface area contributed by atoms with Crippen LogP contribution in [0, 0.1) is 9.49 Å². The van der Waals surface area contributed by atoms with Crippen molar-refractivity contribution in [3.8, 4) is 0 Å². The molecule has 0 saturated heterocycles. The minimum atomic E-state index is -4.51. The summed E-state index contributed by atoms with van der Waals surface area (Å²) < 4.78 is 38.9. The molecule has 0 unspecified atom stereocenters. The van der Waals surface area contributed by atoms with E-state index in [0.717, 1.165) is 18.9 Å². The standard InChI is InChI=1S/C12H11F3INO/c13-12(14,15)10-5-8(16)3-4-9(10)11(18)17-6-7-1-2-7/h3-5,7H,1-2,6H2,(H,17,18). The predicted molar refractivity (Wildman–Crippen MR) is 69.2 cm³/mol. The van der Waals surface area contributed by atoms with E-state index in [9.17, 15) is 18.0 Å². The van der Waals surface area contributed by atoms with Gasteiger partial charge in [-0.25, -0.2) is 0 Å². The number of amides is 1. The number of nitrogens with one attached hydrogen (secondary N) is 1. The molecule has 1 aliphatic rings. The van der Waals surface area contributed by atoms with E-state index in [4.69, 9.17) is 0 Å². The van der Waals surface area contributed by atoms with Crippen LogP contribution in [0.15, 0.2) is 18.2 Å². The average molecular weight is 369 g/mol. The maximum Gasteiger partial charge on any atom is 0.417 e. The van der Waals surface area contributed by atoms with Gasteiger partial charge < -0.3 is 5.32 Å². The Labute approximate surface area is 116 Å². The van der Waals surface area contributed by atoms with Gasteiger partial charge in [-0.2, -0.15) is 13.2 Å². The molecular formula is C12H11F3INO. The highest BCUT2D eigenvalue weighted by atomic mass is 127. The Morgan fingerprint density at radius 1 is 1.39 bits per heavy atom. The molecule has 0 spiro atoms. The Morgan fingerprint density at radius 3 is 2.61 bits per heavy atom. The third kappa shape index (κ3) is 3.37. The Kier molecular flexibility index (Phi) is 3.84. The molecule has 0 bridgehead atoms. The second kappa shape index (κ2) is 5.07. The van der Waals surface area contributed by atoms with Crippen molar-refractivity contribution in [1.82, 2.24) is 5.32 Å². The Bertz CT molecular complexity index is 469. The fourth-order valence-corrected chi connectivity index (χ4v) is 2.09. The molecule has 0 radical (unpaired) electrons. The van der Waals surface area contributed by atoms with Crippen LogP contribution in [0.4, 0.5) is 13.2 Å². The summed E-state index contributed by atoms with van der Waals surface area (Å²) in [7, 11) is 0. The number of rotatable bonds is 3. The van der Waals surface area contributed by atoms with Crippen molar-refractivity contribution in [2.75, 3.05) is 6.54 Å². The molecule has 2 nitrogen and oxygen atoms in total. The first kappa shape index (κ1) is 13.6. The van der Waals surface area contributed by atoms with Gasteiger partial charge in [0.2, 0.25) is 0 Å². The van der Waals surface area contributed by atoms with Crippen LogP contribution in [0.25, 0.3) is 0 Å². The summed E-state index contributed by atoms with van der Waals surface area (Å²) >= 11 is 1.80. The summed E-state index contributed by atoms with van der Waals surface area (Å²) in [5.74, 6) is -0.210. The molecule has 1 amide bonds. The molecule has 1 aromatic rings. The number of carbonyl (C=O) groups is 1. The third-order valence-electron chi connectivity index (χ3n) is 2.78. The highest BCUT2D eigenvalue weighted by Crippen LogP contribution is 2.33. The molecule has 1 fully saturated rings. The van der Waals surface area contributed by atoms with Crippen LogP contribution in [-0.4, -0.2) is 12.5 Å². The smallest absolute Gasteiger partial charge is 0.352 e. The van der Waals surface area contributed by atoms with Crippen LogP contribution in [0.3, 0.4) is 0 Å². The molecule has 1 saturated carbocycles. The molecule has 0 aliphatic heterocycles. The molecule has 1 aliphatic carbocycles. The van der Waals surface area contributed by atoms with E-state index in [1.54, 1.807) is 22.6 Å². The first-order valence-electron chi connectivity index (χ1n) is 5.53. The monoisotopic (exact) mass is 369 g/mol. The SMILES string of the molecule is O=C(NCC1CC1)c1ccc(I)cc1C(F)(F)F. The highest BCUT2D eigenvalue weighted by Gasteiger charge is 2.35. The predicted octanol–water partition coefficient (Wildman–Crippen LogP) is 3.45. The zero-order valence-electron chi connectivity index (χ0n) is 9.35. The molecule has 1 aromatic carbocycles. The van der Waals surface area contributed by atoms with Gasteiger partial charge in [0.15, 0.2) is 0 Å². The number of halogens is 4. The van der Waals surface area contributed by atoms with Gasteiger partial charge in [0, 0.05) is 10.1 Å². The lowest BCUT2D eigenvalue weighted by Crippen LogP contribution is -2.28. The van der Waals surface area contributed by atoms with E-state index in [0.29, 0.717) is 16.0 Å². The van der Waals surface area contributed by atoms with E-state index < -0.39 is 17.6 Å².